The quantitative estimate of drug-likeness (QED) is 0.128. The molecule has 0 aliphatic heterocycles. The van der Waals surface area contributed by atoms with E-state index in [4.69, 9.17) is 0 Å². The summed E-state index contributed by atoms with van der Waals surface area (Å²) in [5.74, 6) is -56.0. The van der Waals surface area contributed by atoms with Crippen LogP contribution < -0.4 is 0 Å². The van der Waals surface area contributed by atoms with Crippen LogP contribution in [0.15, 0.2) is 0 Å². The van der Waals surface area contributed by atoms with E-state index in [9.17, 15) is 74.6 Å². The fourth-order valence-electron chi connectivity index (χ4n) is 1.65. The van der Waals surface area contributed by atoms with Crippen LogP contribution in [-0.4, -0.2) is 51.6 Å². The summed E-state index contributed by atoms with van der Waals surface area (Å²) >= 11 is 7.61. The summed E-state index contributed by atoms with van der Waals surface area (Å²) in [7, 11) is 0. The molecule has 0 rings (SSSR count). The third-order valence-electron chi connectivity index (χ3n) is 3.51. The summed E-state index contributed by atoms with van der Waals surface area (Å²) in [4.78, 5) is 0. The van der Waals surface area contributed by atoms with Crippen LogP contribution >= 0.6 is 45.9 Å². The lowest BCUT2D eigenvalue weighted by Gasteiger charge is -2.42. The van der Waals surface area contributed by atoms with E-state index in [2.05, 4.69) is 45.9 Å². The van der Waals surface area contributed by atoms with E-state index in [0.717, 1.165) is 0 Å². The van der Waals surface area contributed by atoms with E-state index in [1.54, 1.807) is 0 Å². The first kappa shape index (κ1) is 31.5. The lowest BCUT2D eigenvalue weighted by Crippen LogP contribution is -2.74. The molecule has 0 heterocycles. The average molecular weight is 715 g/mol. The molecule has 21 heteroatoms. The molecule has 0 radical (unpaired) electrons. The fourth-order valence-corrected chi connectivity index (χ4v) is 4.03. The first-order chi connectivity index (χ1) is 13.0. The summed E-state index contributed by atoms with van der Waals surface area (Å²) in [6, 6.07) is -1.25. The normalized spacial score (nSPS) is 16.6. The Morgan fingerprint density at radius 2 is 0.677 bits per heavy atom. The highest BCUT2D eigenvalue weighted by Gasteiger charge is 2.95. The van der Waals surface area contributed by atoms with Gasteiger partial charge in [0, 0.05) is 6.42 Å². The van der Waals surface area contributed by atoms with Crippen LogP contribution in [0.25, 0.3) is 0 Å². The smallest absolute Gasteiger partial charge is 0.200 e. The minimum Gasteiger partial charge on any atom is -0.200 e. The Hall–Kier alpha value is 0.467. The second kappa shape index (κ2) is 8.30. The van der Waals surface area contributed by atoms with Crippen LogP contribution in [0.1, 0.15) is 6.42 Å². The summed E-state index contributed by atoms with van der Waals surface area (Å²) in [6.07, 6.45) is -10.2. The Balaban J connectivity index is 6.56. The standard InChI is InChI=1S/C10H4Br3F17Si/c11-31(12,13)2-1-3(14,15)4(16,17)5(18,19)6(20,21)7(22,23)8(24,25)9(26,27)10(28,29)30/h1-2H2. The van der Waals surface area contributed by atoms with Gasteiger partial charge in [0.05, 0.1) is 0 Å². The first-order valence-corrected chi connectivity index (χ1v) is 15.7. The molecule has 0 bridgehead atoms. The van der Waals surface area contributed by atoms with Gasteiger partial charge in [0.15, 0.2) is 0 Å². The maximum Gasteiger partial charge on any atom is 0.460 e. The van der Waals surface area contributed by atoms with Crippen LogP contribution in [0, 0.1) is 0 Å². The maximum absolute atomic E-state index is 13.5. The minimum atomic E-state index is -8.60. The molecule has 0 nitrogen and oxygen atoms in total. The number of rotatable bonds is 9. The van der Waals surface area contributed by atoms with Gasteiger partial charge in [0.2, 0.25) is 0 Å². The van der Waals surface area contributed by atoms with E-state index < -0.39 is 64.0 Å². The largest absolute Gasteiger partial charge is 0.460 e. The molecule has 0 N–H and O–H groups in total. The predicted octanol–water partition coefficient (Wildman–Crippen LogP) is 8.51. The maximum atomic E-state index is 13.5. The van der Waals surface area contributed by atoms with Gasteiger partial charge in [-0.1, -0.05) is 45.9 Å². The van der Waals surface area contributed by atoms with E-state index in [-0.39, 0.29) is 0 Å². The van der Waals surface area contributed by atoms with Gasteiger partial charge in [-0.05, 0) is 6.04 Å². The van der Waals surface area contributed by atoms with Gasteiger partial charge in [-0.15, -0.1) is 0 Å². The van der Waals surface area contributed by atoms with E-state index in [1.807, 2.05) is 0 Å². The zero-order valence-corrected chi connectivity index (χ0v) is 19.2. The Labute approximate surface area is 184 Å². The molecule has 0 unspecified atom stereocenters. The van der Waals surface area contributed by atoms with Gasteiger partial charge in [-0.2, -0.15) is 74.6 Å². The molecule has 188 valence electrons. The van der Waals surface area contributed by atoms with Crippen LogP contribution in [0.3, 0.4) is 0 Å². The van der Waals surface area contributed by atoms with Gasteiger partial charge >= 0.3 is 47.6 Å². The number of halogens is 20. The summed E-state index contributed by atoms with van der Waals surface area (Å²) in [6.45, 7) is 0. The lowest BCUT2D eigenvalue weighted by atomic mass is 9.88. The lowest BCUT2D eigenvalue weighted by molar-refractivity contribution is -0.461. The van der Waals surface area contributed by atoms with Gasteiger partial charge in [0.1, 0.15) is 0 Å². The van der Waals surface area contributed by atoms with E-state index in [1.165, 1.54) is 0 Å². The average Bonchev–Trinajstić information content (AvgIpc) is 2.50. The molecular weight excluding hydrogens is 711 g/mol. The second-order valence-electron chi connectivity index (χ2n) is 5.76. The molecule has 0 saturated heterocycles. The number of hydrogen-bond donors (Lipinski definition) is 0. The van der Waals surface area contributed by atoms with Gasteiger partial charge in [-0.25, -0.2) is 0 Å². The van der Waals surface area contributed by atoms with E-state index in [0.29, 0.717) is 0 Å². The third kappa shape index (κ3) is 4.97. The topological polar surface area (TPSA) is 0 Å². The second-order valence-corrected chi connectivity index (χ2v) is 29.3. The Morgan fingerprint density at radius 1 is 0.419 bits per heavy atom. The molecule has 0 aliphatic carbocycles. The molecule has 0 aliphatic rings. The zero-order valence-electron chi connectivity index (χ0n) is 13.5. The van der Waals surface area contributed by atoms with Crippen molar-refractivity contribution in [1.29, 1.82) is 0 Å². The molecule has 31 heavy (non-hydrogen) atoms. The van der Waals surface area contributed by atoms with Crippen molar-refractivity contribution in [2.75, 3.05) is 0 Å². The van der Waals surface area contributed by atoms with Crippen LogP contribution in [-0.2, 0) is 0 Å². The Bertz CT molecular complexity index is 650. The monoisotopic (exact) mass is 712 g/mol. The fraction of sp³-hybridized carbons (Fsp3) is 1.00. The van der Waals surface area contributed by atoms with Crippen molar-refractivity contribution < 1.29 is 74.6 Å². The molecule has 0 aromatic heterocycles. The van der Waals surface area contributed by atoms with Crippen LogP contribution in [0.5, 0.6) is 0 Å². The molecule has 0 fully saturated rings. The predicted molar refractivity (Wildman–Crippen MR) is 82.6 cm³/mol. The molecule has 0 aromatic carbocycles. The summed E-state index contributed by atoms with van der Waals surface area (Å²) in [5.41, 5.74) is 0. The van der Waals surface area contributed by atoms with E-state index >= 15 is 0 Å². The van der Waals surface area contributed by atoms with Crippen molar-refractivity contribution in [2.24, 2.45) is 0 Å². The van der Waals surface area contributed by atoms with Crippen molar-refractivity contribution in [3.05, 3.63) is 0 Å². The Kier molecular flexibility index (Phi) is 8.42. The highest BCUT2D eigenvalue weighted by Crippen LogP contribution is 2.64. The van der Waals surface area contributed by atoms with Gasteiger partial charge < -0.3 is 0 Å². The molecule has 0 saturated carbocycles. The molecule has 0 aromatic rings. The highest BCUT2D eigenvalue weighted by atomic mass is 80.0. The van der Waals surface area contributed by atoms with Crippen molar-refractivity contribution in [3.63, 3.8) is 0 Å². The van der Waals surface area contributed by atoms with Crippen molar-refractivity contribution in [2.45, 2.75) is 60.1 Å². The van der Waals surface area contributed by atoms with Crippen LogP contribution in [0.4, 0.5) is 74.6 Å². The molecule has 0 spiro atoms. The zero-order chi connectivity index (χ0) is 25.9. The van der Waals surface area contributed by atoms with Gasteiger partial charge in [-0.3, -0.25) is 0 Å². The summed E-state index contributed by atoms with van der Waals surface area (Å²) < 4.78 is 218. The number of alkyl halides is 17. The van der Waals surface area contributed by atoms with Crippen molar-refractivity contribution >= 4 is 49.8 Å². The SMILES string of the molecule is FC(F)(F)C(F)(F)C(F)(F)C(F)(F)C(F)(F)C(F)(F)C(F)(F)C(F)(F)CC[Si](Br)(Br)Br. The molecular formula is C10H4Br3F17Si. The third-order valence-corrected chi connectivity index (χ3v) is 7.89. The molecule has 0 amide bonds. The minimum absolute atomic E-state index is 1.25. The van der Waals surface area contributed by atoms with Crippen LogP contribution in [0.2, 0.25) is 6.04 Å². The number of hydrogen-bond acceptors (Lipinski definition) is 0. The van der Waals surface area contributed by atoms with Crippen molar-refractivity contribution in [3.8, 4) is 0 Å². The van der Waals surface area contributed by atoms with Crippen molar-refractivity contribution in [1.82, 2.24) is 0 Å². The summed E-state index contributed by atoms with van der Waals surface area (Å²) in [5, 5.41) is 0. The first-order valence-electron chi connectivity index (χ1n) is 6.74. The Morgan fingerprint density at radius 3 is 0.935 bits per heavy atom. The van der Waals surface area contributed by atoms with Gasteiger partial charge in [0.25, 0.3) is 3.93 Å². The molecule has 0 atom stereocenters. The highest BCUT2D eigenvalue weighted by molar-refractivity contribution is 9.72.